The molecule has 9 heteroatoms. The molecule has 0 radical (unpaired) electrons. The minimum absolute atomic E-state index is 0.0193. The van der Waals surface area contributed by atoms with E-state index in [-0.39, 0.29) is 15.6 Å². The molecule has 1 saturated heterocycles. The summed E-state index contributed by atoms with van der Waals surface area (Å²) in [5.74, 6) is -3.62. The number of benzene rings is 1. The van der Waals surface area contributed by atoms with Gasteiger partial charge in [0.1, 0.15) is 4.32 Å². The van der Waals surface area contributed by atoms with Gasteiger partial charge in [0.25, 0.3) is 5.91 Å². The SMILES string of the molecule is O=C([O-])CC[C@@H](C(=O)[O-])N1C(=O)/C(=C/c2ccccc2Cl)SC1=S. The molecule has 0 aliphatic carbocycles. The Labute approximate surface area is 152 Å². The van der Waals surface area contributed by atoms with Gasteiger partial charge in [-0.05, 0) is 30.5 Å². The number of halogens is 1. The van der Waals surface area contributed by atoms with E-state index < -0.39 is 30.3 Å². The highest BCUT2D eigenvalue weighted by molar-refractivity contribution is 8.26. The second-order valence-electron chi connectivity index (χ2n) is 4.82. The Balaban J connectivity index is 2.28. The number of rotatable bonds is 6. The fourth-order valence-electron chi connectivity index (χ4n) is 2.09. The predicted molar refractivity (Wildman–Crippen MR) is 89.5 cm³/mol. The van der Waals surface area contributed by atoms with Crippen LogP contribution in [0.5, 0.6) is 0 Å². The highest BCUT2D eigenvalue weighted by Crippen LogP contribution is 2.35. The molecule has 0 N–H and O–H groups in total. The number of carbonyl (C=O) groups is 3. The lowest BCUT2D eigenvalue weighted by Crippen LogP contribution is -2.50. The van der Waals surface area contributed by atoms with Crippen molar-refractivity contribution in [1.29, 1.82) is 0 Å². The molecule has 1 fully saturated rings. The van der Waals surface area contributed by atoms with E-state index in [1.54, 1.807) is 24.3 Å². The van der Waals surface area contributed by atoms with Crippen LogP contribution in [0.25, 0.3) is 6.08 Å². The van der Waals surface area contributed by atoms with E-state index in [1.165, 1.54) is 6.08 Å². The quantitative estimate of drug-likeness (QED) is 0.510. The van der Waals surface area contributed by atoms with Crippen LogP contribution >= 0.6 is 35.6 Å². The van der Waals surface area contributed by atoms with Gasteiger partial charge in [0.2, 0.25) is 0 Å². The summed E-state index contributed by atoms with van der Waals surface area (Å²) < 4.78 is 0.0193. The van der Waals surface area contributed by atoms with Crippen LogP contribution in [0.4, 0.5) is 0 Å². The summed E-state index contributed by atoms with van der Waals surface area (Å²) in [5, 5.41) is 22.3. The maximum Gasteiger partial charge on any atom is 0.266 e. The van der Waals surface area contributed by atoms with Crippen molar-refractivity contribution in [2.24, 2.45) is 0 Å². The average molecular weight is 384 g/mol. The first-order valence-corrected chi connectivity index (χ1v) is 8.34. The topological polar surface area (TPSA) is 101 Å². The fraction of sp³-hybridized carbons (Fsp3) is 0.200. The van der Waals surface area contributed by atoms with Crippen molar-refractivity contribution >= 4 is 63.8 Å². The van der Waals surface area contributed by atoms with Crippen LogP contribution in [0.1, 0.15) is 18.4 Å². The molecule has 1 aromatic rings. The zero-order valence-electron chi connectivity index (χ0n) is 12.1. The smallest absolute Gasteiger partial charge is 0.266 e. The molecule has 1 heterocycles. The van der Waals surface area contributed by atoms with Gasteiger partial charge in [-0.1, -0.05) is 53.8 Å². The fourth-order valence-corrected chi connectivity index (χ4v) is 3.63. The lowest BCUT2D eigenvalue weighted by atomic mass is 10.1. The third-order valence-electron chi connectivity index (χ3n) is 3.22. The number of amides is 1. The van der Waals surface area contributed by atoms with E-state index in [9.17, 15) is 24.6 Å². The van der Waals surface area contributed by atoms with Crippen LogP contribution in [0.15, 0.2) is 29.2 Å². The van der Waals surface area contributed by atoms with E-state index in [2.05, 4.69) is 0 Å². The van der Waals surface area contributed by atoms with Crippen LogP contribution in [-0.4, -0.2) is 33.1 Å². The van der Waals surface area contributed by atoms with Crippen molar-refractivity contribution < 1.29 is 24.6 Å². The Kier molecular flexibility index (Phi) is 5.98. The van der Waals surface area contributed by atoms with E-state index in [1.807, 2.05) is 0 Å². The number of hydrogen-bond donors (Lipinski definition) is 0. The molecular formula is C15H10ClNO5S2-2. The van der Waals surface area contributed by atoms with Crippen LogP contribution in [0, 0.1) is 0 Å². The standard InChI is InChI=1S/C15H12ClNO5S2/c16-9-4-2-1-3-8(9)7-11-13(20)17(15(23)24-11)10(14(21)22)5-6-12(18)19/h1-4,7,10H,5-6H2,(H,18,19)(H,21,22)/p-2/b11-7-/t10-/m0/s1. The van der Waals surface area contributed by atoms with Crippen molar-refractivity contribution in [3.8, 4) is 0 Å². The maximum absolute atomic E-state index is 12.5. The van der Waals surface area contributed by atoms with Gasteiger partial charge in [-0.3, -0.25) is 9.69 Å². The molecule has 24 heavy (non-hydrogen) atoms. The first-order chi connectivity index (χ1) is 11.3. The molecule has 0 saturated carbocycles. The van der Waals surface area contributed by atoms with Crippen LogP contribution in [0.3, 0.4) is 0 Å². The summed E-state index contributed by atoms with van der Waals surface area (Å²) >= 11 is 12.0. The lowest BCUT2D eigenvalue weighted by Gasteiger charge is -2.27. The van der Waals surface area contributed by atoms with Gasteiger partial charge in [0.15, 0.2) is 0 Å². The maximum atomic E-state index is 12.5. The number of nitrogens with zero attached hydrogens (tertiary/aromatic N) is 1. The normalized spacial score (nSPS) is 17.4. The molecule has 1 aliphatic rings. The Bertz CT molecular complexity index is 749. The Morgan fingerprint density at radius 2 is 2.00 bits per heavy atom. The van der Waals surface area contributed by atoms with Gasteiger partial charge >= 0.3 is 0 Å². The monoisotopic (exact) mass is 383 g/mol. The Morgan fingerprint density at radius 3 is 2.58 bits per heavy atom. The average Bonchev–Trinajstić information content (AvgIpc) is 2.77. The van der Waals surface area contributed by atoms with Crippen LogP contribution in [0.2, 0.25) is 5.02 Å². The number of aliphatic carboxylic acids is 2. The van der Waals surface area contributed by atoms with E-state index in [0.717, 1.165) is 16.7 Å². The summed E-state index contributed by atoms with van der Waals surface area (Å²) in [6.45, 7) is 0. The number of hydrogen-bond acceptors (Lipinski definition) is 7. The van der Waals surface area contributed by atoms with Crippen molar-refractivity contribution in [3.05, 3.63) is 39.8 Å². The van der Waals surface area contributed by atoms with Gasteiger partial charge in [0.05, 0.1) is 16.9 Å². The molecular weight excluding hydrogens is 374 g/mol. The molecule has 2 rings (SSSR count). The molecule has 0 aromatic heterocycles. The minimum atomic E-state index is -1.58. The molecule has 6 nitrogen and oxygen atoms in total. The van der Waals surface area contributed by atoms with Gasteiger partial charge < -0.3 is 19.8 Å². The van der Waals surface area contributed by atoms with Crippen LogP contribution < -0.4 is 10.2 Å². The number of thioether (sulfide) groups is 1. The van der Waals surface area contributed by atoms with Crippen molar-refractivity contribution in [3.63, 3.8) is 0 Å². The van der Waals surface area contributed by atoms with E-state index in [0.29, 0.717) is 10.6 Å². The molecule has 1 aliphatic heterocycles. The second kappa shape index (κ2) is 7.78. The highest BCUT2D eigenvalue weighted by Gasteiger charge is 2.37. The Hall–Kier alpha value is -1.90. The summed E-state index contributed by atoms with van der Waals surface area (Å²) in [6.07, 6.45) is 0.627. The van der Waals surface area contributed by atoms with Crippen molar-refractivity contribution in [2.45, 2.75) is 18.9 Å². The predicted octanol–water partition coefficient (Wildman–Crippen LogP) is 0.190. The third-order valence-corrected chi connectivity index (χ3v) is 4.90. The summed E-state index contributed by atoms with van der Waals surface area (Å²) in [6, 6.07) is 5.35. The van der Waals surface area contributed by atoms with Gasteiger partial charge in [-0.2, -0.15) is 0 Å². The van der Waals surface area contributed by atoms with Crippen molar-refractivity contribution in [1.82, 2.24) is 4.90 Å². The number of carboxylic acids is 2. The summed E-state index contributed by atoms with van der Waals surface area (Å²) in [7, 11) is 0. The van der Waals surface area contributed by atoms with E-state index >= 15 is 0 Å². The Morgan fingerprint density at radius 1 is 1.33 bits per heavy atom. The van der Waals surface area contributed by atoms with E-state index in [4.69, 9.17) is 23.8 Å². The molecule has 0 spiro atoms. The van der Waals surface area contributed by atoms with Gasteiger partial charge in [-0.15, -0.1) is 0 Å². The molecule has 126 valence electrons. The third kappa shape index (κ3) is 4.14. The first-order valence-electron chi connectivity index (χ1n) is 6.73. The van der Waals surface area contributed by atoms with Gasteiger partial charge in [0, 0.05) is 11.0 Å². The molecule has 1 amide bonds. The summed E-state index contributed by atoms with van der Waals surface area (Å²) in [4.78, 5) is 35.4. The zero-order chi connectivity index (χ0) is 17.9. The largest absolute Gasteiger partial charge is 0.550 e. The first kappa shape index (κ1) is 18.4. The zero-order valence-corrected chi connectivity index (χ0v) is 14.5. The molecule has 0 unspecified atom stereocenters. The summed E-state index contributed by atoms with van der Waals surface area (Å²) in [5.41, 5.74) is 0.583. The molecule has 1 aromatic carbocycles. The second-order valence-corrected chi connectivity index (χ2v) is 6.90. The number of carbonyl (C=O) groups excluding carboxylic acids is 3. The van der Waals surface area contributed by atoms with Crippen molar-refractivity contribution in [2.75, 3.05) is 0 Å². The van der Waals surface area contributed by atoms with Gasteiger partial charge in [-0.25, -0.2) is 0 Å². The highest BCUT2D eigenvalue weighted by atomic mass is 35.5. The molecule has 1 atom stereocenters. The number of thiocarbonyl (C=S) groups is 1. The minimum Gasteiger partial charge on any atom is -0.550 e. The number of carboxylic acid groups (broad SMARTS) is 2. The molecule has 0 bridgehead atoms. The van der Waals surface area contributed by atoms with Crippen LogP contribution in [-0.2, 0) is 14.4 Å². The lowest BCUT2D eigenvalue weighted by molar-refractivity contribution is -0.311.